The fourth-order valence-electron chi connectivity index (χ4n) is 1.75. The molecule has 0 aliphatic rings. The van der Waals surface area contributed by atoms with Crippen molar-refractivity contribution in [2.45, 2.75) is 32.9 Å². The van der Waals surface area contributed by atoms with Crippen LogP contribution in [0.15, 0.2) is 30.5 Å². The molecule has 0 saturated carbocycles. The molecule has 0 amide bonds. The van der Waals surface area contributed by atoms with Crippen LogP contribution < -0.4 is 10.5 Å². The van der Waals surface area contributed by atoms with Crippen molar-refractivity contribution in [2.75, 3.05) is 6.54 Å². The Morgan fingerprint density at radius 1 is 1.26 bits per heavy atom. The molecular formula is C14H20N4O. The highest BCUT2D eigenvalue weighted by Gasteiger charge is 2.02. The molecule has 0 saturated heterocycles. The molecule has 0 atom stereocenters. The van der Waals surface area contributed by atoms with Crippen molar-refractivity contribution in [1.82, 2.24) is 15.0 Å². The Morgan fingerprint density at radius 2 is 2.05 bits per heavy atom. The second-order valence-corrected chi connectivity index (χ2v) is 4.40. The van der Waals surface area contributed by atoms with Crippen LogP contribution in [-0.2, 0) is 19.6 Å². The highest BCUT2D eigenvalue weighted by Crippen LogP contribution is 2.13. The van der Waals surface area contributed by atoms with Crippen molar-refractivity contribution in [3.05, 3.63) is 41.7 Å². The van der Waals surface area contributed by atoms with E-state index in [-0.39, 0.29) is 0 Å². The molecule has 5 nitrogen and oxygen atoms in total. The molecule has 0 aliphatic heterocycles. The number of aromatic nitrogens is 3. The van der Waals surface area contributed by atoms with Crippen LogP contribution in [-0.4, -0.2) is 21.5 Å². The van der Waals surface area contributed by atoms with Crippen molar-refractivity contribution in [2.24, 2.45) is 5.73 Å². The second kappa shape index (κ2) is 6.89. The zero-order valence-electron chi connectivity index (χ0n) is 11.2. The molecule has 2 rings (SSSR count). The van der Waals surface area contributed by atoms with Gasteiger partial charge in [0.2, 0.25) is 0 Å². The minimum Gasteiger partial charge on any atom is -0.487 e. The molecule has 0 fully saturated rings. The summed E-state index contributed by atoms with van der Waals surface area (Å²) >= 11 is 0. The third-order valence-electron chi connectivity index (χ3n) is 2.90. The van der Waals surface area contributed by atoms with Gasteiger partial charge in [0.05, 0.1) is 6.20 Å². The monoisotopic (exact) mass is 260 g/mol. The van der Waals surface area contributed by atoms with E-state index in [1.54, 1.807) is 4.68 Å². The zero-order valence-corrected chi connectivity index (χ0v) is 11.2. The predicted molar refractivity (Wildman–Crippen MR) is 73.8 cm³/mol. The Labute approximate surface area is 113 Å². The van der Waals surface area contributed by atoms with E-state index < -0.39 is 0 Å². The average molecular weight is 260 g/mol. The predicted octanol–water partition coefficient (Wildman–Crippen LogP) is 1.77. The van der Waals surface area contributed by atoms with Gasteiger partial charge in [-0.3, -0.25) is 4.68 Å². The number of aryl methyl sites for hydroxylation is 2. The number of ether oxygens (including phenoxy) is 1. The van der Waals surface area contributed by atoms with Crippen LogP contribution in [0.25, 0.3) is 0 Å². The van der Waals surface area contributed by atoms with Gasteiger partial charge in [-0.1, -0.05) is 24.3 Å². The molecule has 0 radical (unpaired) electrons. The Kier molecular flexibility index (Phi) is 4.92. The average Bonchev–Trinajstić information content (AvgIpc) is 2.91. The lowest BCUT2D eigenvalue weighted by molar-refractivity contribution is 0.301. The fourth-order valence-corrected chi connectivity index (χ4v) is 1.75. The topological polar surface area (TPSA) is 66.0 Å². The molecule has 0 unspecified atom stereocenters. The SMILES string of the molecule is CCc1ccc(OCc2cn(CCCN)nn2)cc1. The van der Waals surface area contributed by atoms with Crippen LogP contribution in [0, 0.1) is 0 Å². The van der Waals surface area contributed by atoms with Gasteiger partial charge in [0.25, 0.3) is 0 Å². The summed E-state index contributed by atoms with van der Waals surface area (Å²) in [6.07, 6.45) is 3.84. The van der Waals surface area contributed by atoms with Gasteiger partial charge in [0, 0.05) is 6.54 Å². The molecule has 1 heterocycles. The molecule has 5 heteroatoms. The van der Waals surface area contributed by atoms with Crippen molar-refractivity contribution in [1.29, 1.82) is 0 Å². The first kappa shape index (κ1) is 13.5. The van der Waals surface area contributed by atoms with E-state index in [9.17, 15) is 0 Å². The summed E-state index contributed by atoms with van der Waals surface area (Å²) in [5.41, 5.74) is 7.59. The van der Waals surface area contributed by atoms with Crippen LogP contribution >= 0.6 is 0 Å². The summed E-state index contributed by atoms with van der Waals surface area (Å²) in [4.78, 5) is 0. The van der Waals surface area contributed by atoms with Gasteiger partial charge in [-0.15, -0.1) is 5.10 Å². The van der Waals surface area contributed by atoms with Gasteiger partial charge < -0.3 is 10.5 Å². The summed E-state index contributed by atoms with van der Waals surface area (Å²) in [7, 11) is 0. The Balaban J connectivity index is 1.85. The molecule has 0 aliphatic carbocycles. The lowest BCUT2D eigenvalue weighted by Gasteiger charge is -2.04. The maximum Gasteiger partial charge on any atom is 0.134 e. The minimum atomic E-state index is 0.439. The van der Waals surface area contributed by atoms with E-state index in [1.165, 1.54) is 5.56 Å². The van der Waals surface area contributed by atoms with Crippen molar-refractivity contribution < 1.29 is 4.74 Å². The van der Waals surface area contributed by atoms with Crippen LogP contribution in [0.5, 0.6) is 5.75 Å². The van der Waals surface area contributed by atoms with Gasteiger partial charge in [-0.25, -0.2) is 0 Å². The summed E-state index contributed by atoms with van der Waals surface area (Å²) in [6.45, 7) is 4.04. The van der Waals surface area contributed by atoms with Crippen LogP contribution in [0.4, 0.5) is 0 Å². The van der Waals surface area contributed by atoms with E-state index in [2.05, 4.69) is 29.4 Å². The van der Waals surface area contributed by atoms with Crippen LogP contribution in [0.2, 0.25) is 0 Å². The summed E-state index contributed by atoms with van der Waals surface area (Å²) in [5, 5.41) is 8.09. The summed E-state index contributed by atoms with van der Waals surface area (Å²) in [5.74, 6) is 0.855. The molecule has 102 valence electrons. The number of hydrogen-bond donors (Lipinski definition) is 1. The quantitative estimate of drug-likeness (QED) is 0.824. The molecule has 0 spiro atoms. The summed E-state index contributed by atoms with van der Waals surface area (Å²) in [6, 6.07) is 8.12. The largest absolute Gasteiger partial charge is 0.487 e. The van der Waals surface area contributed by atoms with E-state index in [1.807, 2.05) is 18.3 Å². The van der Waals surface area contributed by atoms with Gasteiger partial charge >= 0.3 is 0 Å². The molecule has 1 aromatic heterocycles. The lowest BCUT2D eigenvalue weighted by Crippen LogP contribution is -2.06. The molecular weight excluding hydrogens is 240 g/mol. The van der Waals surface area contributed by atoms with E-state index >= 15 is 0 Å². The molecule has 0 bridgehead atoms. The molecule has 19 heavy (non-hydrogen) atoms. The van der Waals surface area contributed by atoms with Crippen LogP contribution in [0.3, 0.4) is 0 Å². The lowest BCUT2D eigenvalue weighted by atomic mass is 10.2. The minimum absolute atomic E-state index is 0.439. The third kappa shape index (κ3) is 4.06. The van der Waals surface area contributed by atoms with Crippen LogP contribution in [0.1, 0.15) is 24.6 Å². The maximum atomic E-state index is 5.67. The van der Waals surface area contributed by atoms with Gasteiger partial charge in [-0.05, 0) is 37.1 Å². The molecule has 2 aromatic rings. The Hall–Kier alpha value is -1.88. The Bertz CT molecular complexity index is 492. The smallest absolute Gasteiger partial charge is 0.134 e. The van der Waals surface area contributed by atoms with Crippen molar-refractivity contribution >= 4 is 0 Å². The molecule has 2 N–H and O–H groups in total. The van der Waals surface area contributed by atoms with Gasteiger partial charge in [0.1, 0.15) is 18.1 Å². The number of benzene rings is 1. The first-order chi connectivity index (χ1) is 9.31. The number of nitrogens with zero attached hydrogens (tertiary/aromatic N) is 3. The van der Waals surface area contributed by atoms with Gasteiger partial charge in [0.15, 0.2) is 0 Å². The number of nitrogens with two attached hydrogens (primary N) is 1. The zero-order chi connectivity index (χ0) is 13.5. The highest BCUT2D eigenvalue weighted by atomic mass is 16.5. The van der Waals surface area contributed by atoms with E-state index in [4.69, 9.17) is 10.5 Å². The van der Waals surface area contributed by atoms with Gasteiger partial charge in [-0.2, -0.15) is 0 Å². The van der Waals surface area contributed by atoms with Crippen molar-refractivity contribution in [3.8, 4) is 5.75 Å². The third-order valence-corrected chi connectivity index (χ3v) is 2.90. The first-order valence-corrected chi connectivity index (χ1v) is 6.62. The summed E-state index contributed by atoms with van der Waals surface area (Å²) < 4.78 is 7.47. The highest BCUT2D eigenvalue weighted by molar-refractivity contribution is 5.27. The standard InChI is InChI=1S/C14H20N4O/c1-2-12-4-6-14(7-5-12)19-11-13-10-18(17-16-13)9-3-8-15/h4-7,10H,2-3,8-9,11,15H2,1H3. The van der Waals surface area contributed by atoms with E-state index in [0.29, 0.717) is 13.2 Å². The normalized spacial score (nSPS) is 10.6. The van der Waals surface area contributed by atoms with Crippen molar-refractivity contribution in [3.63, 3.8) is 0 Å². The Morgan fingerprint density at radius 3 is 2.74 bits per heavy atom. The number of rotatable bonds is 7. The molecule has 1 aromatic carbocycles. The number of hydrogen-bond acceptors (Lipinski definition) is 4. The first-order valence-electron chi connectivity index (χ1n) is 6.62. The fraction of sp³-hybridized carbons (Fsp3) is 0.429. The second-order valence-electron chi connectivity index (χ2n) is 4.40. The van der Waals surface area contributed by atoms with E-state index in [0.717, 1.165) is 30.8 Å². The maximum absolute atomic E-state index is 5.67.